The van der Waals surface area contributed by atoms with Crippen molar-refractivity contribution in [1.29, 1.82) is 0 Å². The highest BCUT2D eigenvalue weighted by molar-refractivity contribution is 5.09. The summed E-state index contributed by atoms with van der Waals surface area (Å²) in [7, 11) is 0. The van der Waals surface area contributed by atoms with Gasteiger partial charge in [0.05, 0.1) is 0 Å². The lowest BCUT2D eigenvalue weighted by atomic mass is 9.68. The first kappa shape index (κ1) is 19.3. The molecule has 0 radical (unpaired) electrons. The van der Waals surface area contributed by atoms with E-state index >= 15 is 0 Å². The summed E-state index contributed by atoms with van der Waals surface area (Å²) in [6.07, 6.45) is 21.8. The minimum Gasteiger partial charge on any atom is -0.0996 e. The Balaban J connectivity index is 1.35. The monoisotopic (exact) mass is 342 g/mol. The van der Waals surface area contributed by atoms with Crippen molar-refractivity contribution in [2.24, 2.45) is 35.5 Å². The van der Waals surface area contributed by atoms with E-state index in [1.165, 1.54) is 96.3 Å². The molecule has 0 aromatic rings. The zero-order chi connectivity index (χ0) is 17.5. The molecule has 0 aliphatic heterocycles. The number of unbranched alkanes of at least 4 members (excludes halogenated alkanes) is 1. The SMILES string of the molecule is CCCCC1CCC(C2CCC(C#CC3CCC(C)CC3)CC2)CC1. The molecule has 25 heavy (non-hydrogen) atoms. The number of rotatable bonds is 4. The van der Waals surface area contributed by atoms with Crippen molar-refractivity contribution >= 4 is 0 Å². The van der Waals surface area contributed by atoms with Gasteiger partial charge in [0.15, 0.2) is 0 Å². The molecule has 0 N–H and O–H groups in total. The van der Waals surface area contributed by atoms with Crippen molar-refractivity contribution in [3.63, 3.8) is 0 Å². The fourth-order valence-electron chi connectivity index (χ4n) is 5.82. The van der Waals surface area contributed by atoms with Crippen LogP contribution in [0.2, 0.25) is 0 Å². The lowest BCUT2D eigenvalue weighted by molar-refractivity contribution is 0.153. The van der Waals surface area contributed by atoms with Gasteiger partial charge in [-0.05, 0) is 87.9 Å². The molecule has 0 atom stereocenters. The largest absolute Gasteiger partial charge is 0.0996 e. The summed E-state index contributed by atoms with van der Waals surface area (Å²) in [6.45, 7) is 4.74. The van der Waals surface area contributed by atoms with E-state index in [1.54, 1.807) is 0 Å². The van der Waals surface area contributed by atoms with E-state index in [9.17, 15) is 0 Å². The second kappa shape index (κ2) is 10.0. The van der Waals surface area contributed by atoms with Crippen LogP contribution in [0, 0.1) is 47.3 Å². The fourth-order valence-corrected chi connectivity index (χ4v) is 5.82. The molecule has 0 aromatic heterocycles. The first-order valence-electron chi connectivity index (χ1n) is 11.8. The van der Waals surface area contributed by atoms with Gasteiger partial charge in [0.1, 0.15) is 0 Å². The molecule has 0 heteroatoms. The summed E-state index contributed by atoms with van der Waals surface area (Å²) in [4.78, 5) is 0. The number of hydrogen-bond donors (Lipinski definition) is 0. The summed E-state index contributed by atoms with van der Waals surface area (Å²) < 4.78 is 0. The minimum absolute atomic E-state index is 0.729. The van der Waals surface area contributed by atoms with Crippen molar-refractivity contribution in [2.75, 3.05) is 0 Å². The number of hydrogen-bond acceptors (Lipinski definition) is 0. The first-order valence-corrected chi connectivity index (χ1v) is 11.8. The quantitative estimate of drug-likeness (QED) is 0.461. The Kier molecular flexibility index (Phi) is 7.76. The molecule has 3 aliphatic rings. The molecular weight excluding hydrogens is 300 g/mol. The van der Waals surface area contributed by atoms with Crippen LogP contribution in [-0.2, 0) is 0 Å². The zero-order valence-corrected chi connectivity index (χ0v) is 17.1. The third-order valence-corrected chi connectivity index (χ3v) is 7.80. The smallest absolute Gasteiger partial charge is 0.0203 e. The van der Waals surface area contributed by atoms with Crippen LogP contribution in [0.15, 0.2) is 0 Å². The Hall–Kier alpha value is -0.440. The molecular formula is C25H42. The molecule has 3 aliphatic carbocycles. The van der Waals surface area contributed by atoms with Crippen LogP contribution in [0.4, 0.5) is 0 Å². The van der Waals surface area contributed by atoms with Gasteiger partial charge in [-0.1, -0.05) is 57.8 Å². The Morgan fingerprint density at radius 1 is 0.640 bits per heavy atom. The summed E-state index contributed by atoms with van der Waals surface area (Å²) >= 11 is 0. The van der Waals surface area contributed by atoms with Gasteiger partial charge >= 0.3 is 0 Å². The summed E-state index contributed by atoms with van der Waals surface area (Å²) in [6, 6.07) is 0. The van der Waals surface area contributed by atoms with Crippen LogP contribution in [0.25, 0.3) is 0 Å². The second-order valence-electron chi connectivity index (χ2n) is 9.78. The van der Waals surface area contributed by atoms with E-state index < -0.39 is 0 Å². The average Bonchev–Trinajstić information content (AvgIpc) is 2.67. The normalized spacial score (nSPS) is 39.4. The van der Waals surface area contributed by atoms with Gasteiger partial charge in [-0.25, -0.2) is 0 Å². The lowest BCUT2D eigenvalue weighted by Gasteiger charge is -2.37. The predicted molar refractivity (Wildman–Crippen MR) is 109 cm³/mol. The van der Waals surface area contributed by atoms with Crippen molar-refractivity contribution < 1.29 is 0 Å². The first-order chi connectivity index (χ1) is 12.2. The maximum absolute atomic E-state index is 3.71. The van der Waals surface area contributed by atoms with Crippen molar-refractivity contribution in [1.82, 2.24) is 0 Å². The van der Waals surface area contributed by atoms with Gasteiger partial charge in [0.25, 0.3) is 0 Å². The Morgan fingerprint density at radius 3 is 1.64 bits per heavy atom. The highest BCUT2D eigenvalue weighted by atomic mass is 14.4. The maximum atomic E-state index is 3.71. The van der Waals surface area contributed by atoms with E-state index in [0.717, 1.165) is 35.5 Å². The third-order valence-electron chi connectivity index (χ3n) is 7.80. The average molecular weight is 343 g/mol. The van der Waals surface area contributed by atoms with Gasteiger partial charge in [-0.15, -0.1) is 0 Å². The van der Waals surface area contributed by atoms with Crippen LogP contribution < -0.4 is 0 Å². The molecule has 0 spiro atoms. The molecule has 0 saturated heterocycles. The fraction of sp³-hybridized carbons (Fsp3) is 0.920. The van der Waals surface area contributed by atoms with Crippen molar-refractivity contribution in [2.45, 2.75) is 110 Å². The molecule has 0 aromatic carbocycles. The van der Waals surface area contributed by atoms with Gasteiger partial charge in [0, 0.05) is 11.8 Å². The van der Waals surface area contributed by atoms with E-state index in [-0.39, 0.29) is 0 Å². The summed E-state index contributed by atoms with van der Waals surface area (Å²) in [5, 5.41) is 0. The molecule has 0 unspecified atom stereocenters. The topological polar surface area (TPSA) is 0 Å². The Bertz CT molecular complexity index is 415. The van der Waals surface area contributed by atoms with E-state index in [1.807, 2.05) is 0 Å². The van der Waals surface area contributed by atoms with Crippen LogP contribution >= 0.6 is 0 Å². The standard InChI is InChI=1S/C25H42/c1-3-4-5-21-12-16-24(17-13-21)25-18-14-23(15-19-25)11-10-22-8-6-20(2)7-9-22/h20-25H,3-9,12-19H2,1-2H3. The second-order valence-corrected chi connectivity index (χ2v) is 9.78. The zero-order valence-electron chi connectivity index (χ0n) is 17.1. The molecule has 0 heterocycles. The Labute approximate surface area is 157 Å². The molecule has 3 fully saturated rings. The van der Waals surface area contributed by atoms with Crippen molar-refractivity contribution in [3.05, 3.63) is 0 Å². The van der Waals surface area contributed by atoms with Crippen LogP contribution in [-0.4, -0.2) is 0 Å². The van der Waals surface area contributed by atoms with Gasteiger partial charge in [-0.2, -0.15) is 0 Å². The summed E-state index contributed by atoms with van der Waals surface area (Å²) in [5.41, 5.74) is 0. The molecule has 3 rings (SSSR count). The van der Waals surface area contributed by atoms with Crippen LogP contribution in [0.1, 0.15) is 110 Å². The molecule has 142 valence electrons. The van der Waals surface area contributed by atoms with Gasteiger partial charge in [-0.3, -0.25) is 0 Å². The highest BCUT2D eigenvalue weighted by Crippen LogP contribution is 2.42. The third kappa shape index (κ3) is 6.05. The predicted octanol–water partition coefficient (Wildman–Crippen LogP) is 7.62. The maximum Gasteiger partial charge on any atom is 0.0203 e. The highest BCUT2D eigenvalue weighted by Gasteiger charge is 2.30. The lowest BCUT2D eigenvalue weighted by Crippen LogP contribution is -2.25. The molecule has 0 nitrogen and oxygen atoms in total. The summed E-state index contributed by atoms with van der Waals surface area (Å²) in [5.74, 6) is 13.0. The van der Waals surface area contributed by atoms with Crippen molar-refractivity contribution in [3.8, 4) is 11.8 Å². The minimum atomic E-state index is 0.729. The van der Waals surface area contributed by atoms with Crippen LogP contribution in [0.3, 0.4) is 0 Å². The van der Waals surface area contributed by atoms with E-state index in [0.29, 0.717) is 0 Å². The van der Waals surface area contributed by atoms with Gasteiger partial charge in [0.2, 0.25) is 0 Å². The van der Waals surface area contributed by atoms with Crippen LogP contribution in [0.5, 0.6) is 0 Å². The molecule has 0 bridgehead atoms. The van der Waals surface area contributed by atoms with Gasteiger partial charge < -0.3 is 0 Å². The molecule has 3 saturated carbocycles. The Morgan fingerprint density at radius 2 is 1.12 bits per heavy atom. The molecule has 0 amide bonds. The van der Waals surface area contributed by atoms with E-state index in [2.05, 4.69) is 25.7 Å². The van der Waals surface area contributed by atoms with E-state index in [4.69, 9.17) is 0 Å².